The van der Waals surface area contributed by atoms with E-state index >= 15 is 0 Å². The van der Waals surface area contributed by atoms with Gasteiger partial charge in [0.05, 0.1) is 18.0 Å². The van der Waals surface area contributed by atoms with Gasteiger partial charge in [0.25, 0.3) is 0 Å². The van der Waals surface area contributed by atoms with E-state index in [-0.39, 0.29) is 6.10 Å². The van der Waals surface area contributed by atoms with E-state index in [4.69, 9.17) is 17.0 Å². The van der Waals surface area contributed by atoms with Crippen molar-refractivity contribution in [1.82, 2.24) is 15.0 Å². The Kier molecular flexibility index (Phi) is 3.53. The molecule has 2 aromatic heterocycles. The van der Waals surface area contributed by atoms with Gasteiger partial charge in [-0.25, -0.2) is 4.98 Å². The van der Waals surface area contributed by atoms with E-state index in [0.29, 0.717) is 10.6 Å². The van der Waals surface area contributed by atoms with E-state index in [1.165, 1.54) is 12.8 Å². The van der Waals surface area contributed by atoms with Crippen LogP contribution in [-0.4, -0.2) is 21.1 Å². The summed E-state index contributed by atoms with van der Waals surface area (Å²) in [5.41, 5.74) is 1.92. The second-order valence-corrected chi connectivity index (χ2v) is 5.79. The largest absolute Gasteiger partial charge is 0.489 e. The lowest BCUT2D eigenvalue weighted by atomic mass is 10.2. The Morgan fingerprint density at radius 1 is 1.30 bits per heavy atom. The molecule has 1 aliphatic rings. The van der Waals surface area contributed by atoms with Crippen LogP contribution >= 0.6 is 12.2 Å². The van der Waals surface area contributed by atoms with Crippen molar-refractivity contribution in [2.24, 2.45) is 0 Å². The highest BCUT2D eigenvalue weighted by Crippen LogP contribution is 2.38. The summed E-state index contributed by atoms with van der Waals surface area (Å²) in [6.07, 6.45) is 6.04. The normalized spacial score (nSPS) is 14.6. The highest BCUT2D eigenvalue weighted by Gasteiger charge is 2.26. The van der Waals surface area contributed by atoms with Gasteiger partial charge in [0.15, 0.2) is 0 Å². The van der Waals surface area contributed by atoms with Gasteiger partial charge >= 0.3 is 0 Å². The number of nitrogens with zero attached hydrogens (tertiary/aromatic N) is 2. The molecule has 0 amide bonds. The summed E-state index contributed by atoms with van der Waals surface area (Å²) in [6.45, 7) is 4.00. The van der Waals surface area contributed by atoms with Crippen LogP contribution in [0.2, 0.25) is 0 Å². The maximum atomic E-state index is 5.68. The molecule has 2 aromatic rings. The van der Waals surface area contributed by atoms with Crippen LogP contribution in [0.5, 0.6) is 5.75 Å². The molecule has 1 aliphatic carbocycles. The van der Waals surface area contributed by atoms with E-state index < -0.39 is 0 Å². The molecule has 0 saturated heterocycles. The number of aromatic nitrogens is 3. The molecule has 104 valence electrons. The zero-order valence-corrected chi connectivity index (χ0v) is 12.4. The molecule has 4 nitrogen and oxygen atoms in total. The number of aromatic amines is 1. The van der Waals surface area contributed by atoms with Crippen LogP contribution in [0.4, 0.5) is 0 Å². The molecule has 1 saturated carbocycles. The van der Waals surface area contributed by atoms with Crippen molar-refractivity contribution in [2.45, 2.75) is 38.7 Å². The van der Waals surface area contributed by atoms with Crippen molar-refractivity contribution >= 4 is 12.2 Å². The van der Waals surface area contributed by atoms with Gasteiger partial charge in [0.2, 0.25) is 0 Å². The van der Waals surface area contributed by atoms with Crippen LogP contribution < -0.4 is 4.74 Å². The van der Waals surface area contributed by atoms with Crippen LogP contribution in [0, 0.1) is 4.64 Å². The number of nitrogens with one attached hydrogen (secondary N) is 1. The SMILES string of the molecule is CC(C)Oc1cncc(-c2cc(=S)nc(C3CC3)[nH]2)c1. The molecule has 0 bridgehead atoms. The van der Waals surface area contributed by atoms with E-state index in [0.717, 1.165) is 22.8 Å². The Morgan fingerprint density at radius 3 is 2.80 bits per heavy atom. The molecular weight excluding hydrogens is 270 g/mol. The molecule has 0 aromatic carbocycles. The molecule has 1 N–H and O–H groups in total. The van der Waals surface area contributed by atoms with Gasteiger partial charge in [-0.15, -0.1) is 0 Å². The number of rotatable bonds is 4. The number of ether oxygens (including phenoxy) is 1. The van der Waals surface area contributed by atoms with Gasteiger partial charge in [0, 0.05) is 17.7 Å². The quantitative estimate of drug-likeness (QED) is 0.867. The first-order chi connectivity index (χ1) is 9.61. The van der Waals surface area contributed by atoms with Crippen LogP contribution in [0.25, 0.3) is 11.3 Å². The van der Waals surface area contributed by atoms with E-state index in [1.54, 1.807) is 6.20 Å². The minimum Gasteiger partial charge on any atom is -0.489 e. The minimum absolute atomic E-state index is 0.130. The second-order valence-electron chi connectivity index (χ2n) is 5.37. The molecule has 2 heterocycles. The maximum absolute atomic E-state index is 5.68. The summed E-state index contributed by atoms with van der Waals surface area (Å²) < 4.78 is 6.30. The smallest absolute Gasteiger partial charge is 0.138 e. The summed E-state index contributed by atoms with van der Waals surface area (Å²) in [5, 5.41) is 0. The van der Waals surface area contributed by atoms with Gasteiger partial charge < -0.3 is 9.72 Å². The van der Waals surface area contributed by atoms with E-state index in [9.17, 15) is 0 Å². The molecule has 5 heteroatoms. The van der Waals surface area contributed by atoms with Crippen molar-refractivity contribution in [3.05, 3.63) is 35.0 Å². The first-order valence-corrected chi connectivity index (χ1v) is 7.26. The van der Waals surface area contributed by atoms with Gasteiger partial charge in [0.1, 0.15) is 16.2 Å². The third-order valence-corrected chi connectivity index (χ3v) is 3.33. The van der Waals surface area contributed by atoms with Crippen molar-refractivity contribution < 1.29 is 4.74 Å². The average molecular weight is 287 g/mol. The van der Waals surface area contributed by atoms with Crippen molar-refractivity contribution in [2.75, 3.05) is 0 Å². The maximum Gasteiger partial charge on any atom is 0.138 e. The van der Waals surface area contributed by atoms with E-state index in [1.807, 2.05) is 32.2 Å². The molecule has 0 aliphatic heterocycles. The predicted molar refractivity (Wildman–Crippen MR) is 80.4 cm³/mol. The number of hydrogen-bond acceptors (Lipinski definition) is 4. The molecule has 0 atom stereocenters. The van der Waals surface area contributed by atoms with Crippen molar-refractivity contribution in [3.63, 3.8) is 0 Å². The Labute approximate surface area is 123 Å². The summed E-state index contributed by atoms with van der Waals surface area (Å²) in [5.74, 6) is 2.30. The van der Waals surface area contributed by atoms with Crippen molar-refractivity contribution in [1.29, 1.82) is 0 Å². The van der Waals surface area contributed by atoms with Gasteiger partial charge in [-0.3, -0.25) is 4.98 Å². The Balaban J connectivity index is 1.97. The molecule has 1 fully saturated rings. The fourth-order valence-electron chi connectivity index (χ4n) is 2.08. The fraction of sp³-hybridized carbons (Fsp3) is 0.400. The first kappa shape index (κ1) is 13.2. The van der Waals surface area contributed by atoms with E-state index in [2.05, 4.69) is 15.0 Å². The Morgan fingerprint density at radius 2 is 2.10 bits per heavy atom. The Bertz CT molecular complexity index is 677. The predicted octanol–water partition coefficient (Wildman–Crippen LogP) is 3.87. The summed E-state index contributed by atoms with van der Waals surface area (Å²) in [7, 11) is 0. The zero-order valence-electron chi connectivity index (χ0n) is 11.6. The third-order valence-electron chi connectivity index (χ3n) is 3.12. The highest BCUT2D eigenvalue weighted by atomic mass is 32.1. The standard InChI is InChI=1S/C15H17N3OS/c1-9(2)19-12-5-11(7-16-8-12)13-6-14(20)18-15(17-13)10-3-4-10/h5-10H,3-4H2,1-2H3,(H,17,18,20). The molecule has 0 unspecified atom stereocenters. The topological polar surface area (TPSA) is 50.8 Å². The average Bonchev–Trinajstić information content (AvgIpc) is 3.22. The lowest BCUT2D eigenvalue weighted by Crippen LogP contribution is -2.05. The minimum atomic E-state index is 0.130. The fourth-order valence-corrected chi connectivity index (χ4v) is 2.30. The van der Waals surface area contributed by atoms with Crippen LogP contribution in [0.1, 0.15) is 38.4 Å². The van der Waals surface area contributed by atoms with Gasteiger partial charge in [-0.1, -0.05) is 12.2 Å². The van der Waals surface area contributed by atoms with Gasteiger partial charge in [-0.2, -0.15) is 0 Å². The number of H-pyrrole nitrogens is 1. The number of pyridine rings is 1. The molecule has 0 radical (unpaired) electrons. The highest BCUT2D eigenvalue weighted by molar-refractivity contribution is 7.71. The van der Waals surface area contributed by atoms with Crippen LogP contribution in [0.3, 0.4) is 0 Å². The second kappa shape index (κ2) is 5.32. The number of hydrogen-bond donors (Lipinski definition) is 1. The van der Waals surface area contributed by atoms with Crippen LogP contribution in [-0.2, 0) is 0 Å². The van der Waals surface area contributed by atoms with Crippen LogP contribution in [0.15, 0.2) is 24.5 Å². The molecular formula is C15H17N3OS. The van der Waals surface area contributed by atoms with Crippen molar-refractivity contribution in [3.8, 4) is 17.0 Å². The van der Waals surface area contributed by atoms with Gasteiger partial charge in [-0.05, 0) is 38.8 Å². The summed E-state index contributed by atoms with van der Waals surface area (Å²) >= 11 is 5.25. The first-order valence-electron chi connectivity index (χ1n) is 6.85. The molecule has 3 rings (SSSR count). The summed E-state index contributed by atoms with van der Waals surface area (Å²) in [6, 6.07) is 3.85. The lowest BCUT2D eigenvalue weighted by Gasteiger charge is -2.11. The molecule has 20 heavy (non-hydrogen) atoms. The summed E-state index contributed by atoms with van der Waals surface area (Å²) in [4.78, 5) is 12.0. The monoisotopic (exact) mass is 287 g/mol. The zero-order chi connectivity index (χ0) is 14.1. The molecule has 0 spiro atoms. The lowest BCUT2D eigenvalue weighted by molar-refractivity contribution is 0.241. The third kappa shape index (κ3) is 3.04. The Hall–Kier alpha value is -1.75.